The molecule has 0 unspecified atom stereocenters. The first-order chi connectivity index (χ1) is 14.6. The second-order valence-corrected chi connectivity index (χ2v) is 8.81. The standard InChI is InChI=1S/C22H24ClN5OS/c23-19-9-5-4-8-18(19)21-25-26-22(28(21)24)30-15-20(29)27-12-10-17(11-13-27)14-16-6-2-1-3-7-16/h1-9,17H,10-15,24H2. The predicted octanol–water partition coefficient (Wildman–Crippen LogP) is 3.89. The summed E-state index contributed by atoms with van der Waals surface area (Å²) in [5, 5.41) is 9.33. The Morgan fingerprint density at radius 1 is 1.07 bits per heavy atom. The van der Waals surface area contributed by atoms with Crippen LogP contribution in [0.3, 0.4) is 0 Å². The molecule has 0 saturated carbocycles. The number of benzene rings is 2. The maximum absolute atomic E-state index is 12.7. The van der Waals surface area contributed by atoms with Crippen molar-refractivity contribution in [1.29, 1.82) is 0 Å². The van der Waals surface area contributed by atoms with Crippen LogP contribution in [-0.4, -0.2) is 44.5 Å². The molecule has 1 amide bonds. The first kappa shape index (κ1) is 20.8. The summed E-state index contributed by atoms with van der Waals surface area (Å²) >= 11 is 7.53. The molecule has 0 bridgehead atoms. The van der Waals surface area contributed by atoms with Gasteiger partial charge < -0.3 is 10.7 Å². The molecule has 8 heteroatoms. The lowest BCUT2D eigenvalue weighted by Gasteiger charge is -2.32. The van der Waals surface area contributed by atoms with Gasteiger partial charge in [0.15, 0.2) is 5.82 Å². The van der Waals surface area contributed by atoms with E-state index in [1.807, 2.05) is 29.2 Å². The van der Waals surface area contributed by atoms with Gasteiger partial charge in [0.05, 0.1) is 10.8 Å². The first-order valence-corrected chi connectivity index (χ1v) is 11.4. The van der Waals surface area contributed by atoms with Crippen LogP contribution in [0.5, 0.6) is 0 Å². The van der Waals surface area contributed by atoms with E-state index in [-0.39, 0.29) is 5.91 Å². The number of likely N-dealkylation sites (tertiary alicyclic amines) is 1. The fourth-order valence-corrected chi connectivity index (χ4v) is 4.73. The molecule has 1 aromatic heterocycles. The van der Waals surface area contributed by atoms with Crippen LogP contribution in [0.15, 0.2) is 59.8 Å². The third-order valence-corrected chi connectivity index (χ3v) is 6.70. The van der Waals surface area contributed by atoms with Crippen LogP contribution in [0.25, 0.3) is 11.4 Å². The molecule has 3 aromatic rings. The van der Waals surface area contributed by atoms with Gasteiger partial charge in [-0.2, -0.15) is 0 Å². The van der Waals surface area contributed by atoms with Crippen LogP contribution in [-0.2, 0) is 11.2 Å². The number of aromatic nitrogens is 3. The molecule has 156 valence electrons. The average molecular weight is 442 g/mol. The van der Waals surface area contributed by atoms with E-state index in [4.69, 9.17) is 17.4 Å². The fourth-order valence-electron chi connectivity index (χ4n) is 3.75. The van der Waals surface area contributed by atoms with Crippen molar-refractivity contribution < 1.29 is 4.79 Å². The van der Waals surface area contributed by atoms with Gasteiger partial charge in [0, 0.05) is 18.7 Å². The topological polar surface area (TPSA) is 77.0 Å². The summed E-state index contributed by atoms with van der Waals surface area (Å²) in [6.45, 7) is 1.61. The number of thioether (sulfide) groups is 1. The molecule has 1 aliphatic heterocycles. The number of halogens is 1. The minimum absolute atomic E-state index is 0.112. The van der Waals surface area contributed by atoms with Gasteiger partial charge in [-0.25, -0.2) is 4.68 Å². The molecule has 2 aromatic carbocycles. The Morgan fingerprint density at radius 2 is 1.77 bits per heavy atom. The van der Waals surface area contributed by atoms with Crippen LogP contribution in [0, 0.1) is 5.92 Å². The number of hydrogen-bond donors (Lipinski definition) is 1. The van der Waals surface area contributed by atoms with E-state index < -0.39 is 0 Å². The van der Waals surface area contributed by atoms with Crippen LogP contribution in [0.4, 0.5) is 0 Å². The van der Waals surface area contributed by atoms with E-state index in [0.29, 0.717) is 33.2 Å². The molecule has 0 aliphatic carbocycles. The molecule has 30 heavy (non-hydrogen) atoms. The number of carbonyl (C=O) groups is 1. The molecule has 2 heterocycles. The highest BCUT2D eigenvalue weighted by molar-refractivity contribution is 7.99. The Hall–Kier alpha value is -2.51. The maximum atomic E-state index is 12.7. The van der Waals surface area contributed by atoms with Gasteiger partial charge in [-0.3, -0.25) is 4.79 Å². The lowest BCUT2D eigenvalue weighted by molar-refractivity contribution is -0.129. The highest BCUT2D eigenvalue weighted by Gasteiger charge is 2.24. The summed E-state index contributed by atoms with van der Waals surface area (Å²) in [6.07, 6.45) is 3.16. The van der Waals surface area contributed by atoms with E-state index in [1.165, 1.54) is 22.0 Å². The Bertz CT molecular complexity index is 1000. The molecule has 1 aliphatic rings. The van der Waals surface area contributed by atoms with Gasteiger partial charge >= 0.3 is 0 Å². The lowest BCUT2D eigenvalue weighted by Crippen LogP contribution is -2.39. The largest absolute Gasteiger partial charge is 0.342 e. The summed E-state index contributed by atoms with van der Waals surface area (Å²) in [7, 11) is 0. The van der Waals surface area contributed by atoms with E-state index in [9.17, 15) is 4.79 Å². The van der Waals surface area contributed by atoms with Crippen molar-refractivity contribution in [3.63, 3.8) is 0 Å². The van der Waals surface area contributed by atoms with Crippen molar-refractivity contribution in [3.8, 4) is 11.4 Å². The van der Waals surface area contributed by atoms with Gasteiger partial charge in [-0.1, -0.05) is 65.8 Å². The van der Waals surface area contributed by atoms with Crippen LogP contribution >= 0.6 is 23.4 Å². The molecular formula is C22H24ClN5OS. The third kappa shape index (κ3) is 4.79. The zero-order chi connectivity index (χ0) is 20.9. The summed E-state index contributed by atoms with van der Waals surface area (Å²) < 4.78 is 1.39. The Balaban J connectivity index is 1.29. The van der Waals surface area contributed by atoms with Gasteiger partial charge in [0.1, 0.15) is 0 Å². The summed E-state index contributed by atoms with van der Waals surface area (Å²) in [5.41, 5.74) is 2.09. The van der Waals surface area contributed by atoms with Crippen molar-refractivity contribution >= 4 is 29.3 Å². The van der Waals surface area contributed by atoms with E-state index >= 15 is 0 Å². The van der Waals surface area contributed by atoms with Crippen molar-refractivity contribution in [1.82, 2.24) is 19.8 Å². The Kier molecular flexibility index (Phi) is 6.59. The summed E-state index contributed by atoms with van der Waals surface area (Å²) in [6, 6.07) is 17.9. The maximum Gasteiger partial charge on any atom is 0.233 e. The molecule has 1 fully saturated rings. The molecule has 1 saturated heterocycles. The number of nitrogens with zero attached hydrogens (tertiary/aromatic N) is 4. The second kappa shape index (κ2) is 9.53. The zero-order valence-electron chi connectivity index (χ0n) is 16.6. The number of hydrogen-bond acceptors (Lipinski definition) is 5. The summed E-state index contributed by atoms with van der Waals surface area (Å²) in [4.78, 5) is 14.6. The highest BCUT2D eigenvalue weighted by atomic mass is 35.5. The van der Waals surface area contributed by atoms with Gasteiger partial charge in [0.25, 0.3) is 0 Å². The molecule has 0 atom stereocenters. The van der Waals surface area contributed by atoms with Crippen molar-refractivity contribution in [3.05, 3.63) is 65.2 Å². The van der Waals surface area contributed by atoms with Gasteiger partial charge in [-0.15, -0.1) is 10.2 Å². The fraction of sp³-hybridized carbons (Fsp3) is 0.318. The molecular weight excluding hydrogens is 418 g/mol. The molecule has 0 radical (unpaired) electrons. The van der Waals surface area contributed by atoms with Crippen molar-refractivity contribution in [2.24, 2.45) is 5.92 Å². The number of nitrogens with two attached hydrogens (primary N) is 1. The molecule has 4 rings (SSSR count). The molecule has 0 spiro atoms. The van der Waals surface area contributed by atoms with E-state index in [0.717, 1.165) is 32.4 Å². The molecule has 2 N–H and O–H groups in total. The Labute approximate surface area is 185 Å². The predicted molar refractivity (Wildman–Crippen MR) is 121 cm³/mol. The van der Waals surface area contributed by atoms with Gasteiger partial charge in [-0.05, 0) is 42.9 Å². The third-order valence-electron chi connectivity index (χ3n) is 5.44. The van der Waals surface area contributed by atoms with Crippen LogP contribution in [0.1, 0.15) is 18.4 Å². The quantitative estimate of drug-likeness (QED) is 0.464. The SMILES string of the molecule is Nn1c(SCC(=O)N2CCC(Cc3ccccc3)CC2)nnc1-c1ccccc1Cl. The van der Waals surface area contributed by atoms with Crippen LogP contribution in [0.2, 0.25) is 5.02 Å². The molecule has 6 nitrogen and oxygen atoms in total. The average Bonchev–Trinajstić information content (AvgIpc) is 3.14. The van der Waals surface area contributed by atoms with Crippen molar-refractivity contribution in [2.45, 2.75) is 24.4 Å². The van der Waals surface area contributed by atoms with Gasteiger partial charge in [0.2, 0.25) is 11.1 Å². The normalized spacial score (nSPS) is 14.8. The smallest absolute Gasteiger partial charge is 0.233 e. The number of piperidine rings is 1. The second-order valence-electron chi connectivity index (χ2n) is 7.46. The summed E-state index contributed by atoms with van der Waals surface area (Å²) in [5.74, 6) is 7.67. The zero-order valence-corrected chi connectivity index (χ0v) is 18.1. The minimum atomic E-state index is 0.112. The van der Waals surface area contributed by atoms with E-state index in [1.54, 1.807) is 6.07 Å². The lowest BCUT2D eigenvalue weighted by atomic mass is 9.90. The van der Waals surface area contributed by atoms with Crippen molar-refractivity contribution in [2.75, 3.05) is 24.7 Å². The van der Waals surface area contributed by atoms with E-state index in [2.05, 4.69) is 34.5 Å². The Morgan fingerprint density at radius 3 is 2.50 bits per heavy atom. The van der Waals surface area contributed by atoms with Crippen LogP contribution < -0.4 is 5.84 Å². The number of rotatable bonds is 6. The monoisotopic (exact) mass is 441 g/mol. The first-order valence-electron chi connectivity index (χ1n) is 10.0. The number of nitrogen functional groups attached to an aromatic ring is 1. The number of carbonyl (C=O) groups excluding carboxylic acids is 1. The highest BCUT2D eigenvalue weighted by Crippen LogP contribution is 2.28. The minimum Gasteiger partial charge on any atom is -0.342 e. The number of amides is 1.